The summed E-state index contributed by atoms with van der Waals surface area (Å²) in [5, 5.41) is 11.8. The first-order valence-electron chi connectivity index (χ1n) is 5.88. The lowest BCUT2D eigenvalue weighted by molar-refractivity contribution is -0.132. The van der Waals surface area contributed by atoms with Crippen LogP contribution < -0.4 is 5.32 Å². The molecule has 0 radical (unpaired) electrons. The van der Waals surface area contributed by atoms with Gasteiger partial charge in [-0.05, 0) is 12.1 Å². The highest BCUT2D eigenvalue weighted by molar-refractivity contribution is 6.09. The van der Waals surface area contributed by atoms with Crippen molar-refractivity contribution in [1.82, 2.24) is 4.98 Å². The molecule has 1 aromatic carbocycles. The minimum atomic E-state index is -1.20. The third-order valence-electron chi connectivity index (χ3n) is 2.52. The van der Waals surface area contributed by atoms with Crippen LogP contribution in [0.1, 0.15) is 10.4 Å². The maximum absolute atomic E-state index is 12.0. The molecule has 0 fully saturated rings. The molecule has 20 heavy (non-hydrogen) atoms. The predicted octanol–water partition coefficient (Wildman–Crippen LogP) is 2.34. The number of aliphatic carboxylic acids is 1. The van der Waals surface area contributed by atoms with Crippen LogP contribution in [0.2, 0.25) is 0 Å². The fourth-order valence-corrected chi connectivity index (χ4v) is 1.56. The molecule has 2 N–H and O–H groups in total. The molecular weight excluding hydrogens is 256 g/mol. The van der Waals surface area contributed by atoms with E-state index in [1.54, 1.807) is 42.5 Å². The first kappa shape index (κ1) is 13.5. The molecule has 0 unspecified atom stereocenters. The van der Waals surface area contributed by atoms with E-state index in [2.05, 4.69) is 10.3 Å². The molecule has 0 spiro atoms. The Morgan fingerprint density at radius 1 is 1.05 bits per heavy atom. The van der Waals surface area contributed by atoms with Gasteiger partial charge in [-0.25, -0.2) is 4.79 Å². The summed E-state index contributed by atoms with van der Waals surface area (Å²) in [6, 6.07) is 11.7. The van der Waals surface area contributed by atoms with Crippen LogP contribution in [0, 0.1) is 0 Å². The second-order valence-electron chi connectivity index (χ2n) is 3.95. The summed E-state index contributed by atoms with van der Waals surface area (Å²) >= 11 is 0. The molecular formula is C15H12N2O3. The Labute approximate surface area is 115 Å². The van der Waals surface area contributed by atoms with Gasteiger partial charge in [0.1, 0.15) is 5.70 Å². The topological polar surface area (TPSA) is 79.3 Å². The minimum Gasteiger partial charge on any atom is -0.477 e. The molecule has 2 rings (SSSR count). The number of carbonyl (C=O) groups is 2. The van der Waals surface area contributed by atoms with E-state index >= 15 is 0 Å². The van der Waals surface area contributed by atoms with Crippen molar-refractivity contribution in [2.75, 3.05) is 5.32 Å². The molecule has 1 heterocycles. The standard InChI is InChI=1S/C15H12N2O3/c18-14(11-4-2-1-3-5-11)10-13(15(19)20)17-12-6-8-16-9-7-12/h1-10H,(H,16,17)(H,19,20)/b13-10-. The zero-order valence-corrected chi connectivity index (χ0v) is 10.5. The van der Waals surface area contributed by atoms with Gasteiger partial charge >= 0.3 is 5.97 Å². The highest BCUT2D eigenvalue weighted by atomic mass is 16.4. The van der Waals surface area contributed by atoms with Gasteiger partial charge in [0.2, 0.25) is 0 Å². The quantitative estimate of drug-likeness (QED) is 0.642. The van der Waals surface area contributed by atoms with Gasteiger partial charge < -0.3 is 10.4 Å². The van der Waals surface area contributed by atoms with Gasteiger partial charge in [-0.1, -0.05) is 30.3 Å². The minimum absolute atomic E-state index is 0.190. The van der Waals surface area contributed by atoms with E-state index in [9.17, 15) is 9.59 Å². The molecule has 0 aliphatic heterocycles. The molecule has 2 aromatic rings. The number of allylic oxidation sites excluding steroid dienone is 1. The first-order valence-corrected chi connectivity index (χ1v) is 5.88. The Hall–Kier alpha value is -2.95. The van der Waals surface area contributed by atoms with Crippen LogP contribution in [-0.2, 0) is 4.79 Å². The van der Waals surface area contributed by atoms with E-state index in [4.69, 9.17) is 5.11 Å². The van der Waals surface area contributed by atoms with Crippen LogP contribution in [-0.4, -0.2) is 21.8 Å². The summed E-state index contributed by atoms with van der Waals surface area (Å²) in [5.74, 6) is -1.57. The van der Waals surface area contributed by atoms with Gasteiger partial charge in [0.25, 0.3) is 0 Å². The number of anilines is 1. The Balaban J connectivity index is 2.23. The molecule has 1 aromatic heterocycles. The molecule has 0 bridgehead atoms. The number of rotatable bonds is 5. The number of nitrogens with one attached hydrogen (secondary N) is 1. The maximum atomic E-state index is 12.0. The molecule has 0 saturated heterocycles. The largest absolute Gasteiger partial charge is 0.477 e. The fraction of sp³-hybridized carbons (Fsp3) is 0. The maximum Gasteiger partial charge on any atom is 0.352 e. The molecule has 5 heteroatoms. The van der Waals surface area contributed by atoms with E-state index < -0.39 is 5.97 Å². The first-order chi connectivity index (χ1) is 9.66. The smallest absolute Gasteiger partial charge is 0.352 e. The average Bonchev–Trinajstić information content (AvgIpc) is 2.48. The number of hydrogen-bond acceptors (Lipinski definition) is 4. The fourth-order valence-electron chi connectivity index (χ4n) is 1.56. The van der Waals surface area contributed by atoms with Crippen molar-refractivity contribution < 1.29 is 14.7 Å². The summed E-state index contributed by atoms with van der Waals surface area (Å²) in [6.07, 6.45) is 4.12. The number of hydrogen-bond donors (Lipinski definition) is 2. The molecule has 5 nitrogen and oxygen atoms in total. The molecule has 100 valence electrons. The lowest BCUT2D eigenvalue weighted by atomic mass is 10.1. The zero-order valence-electron chi connectivity index (χ0n) is 10.5. The average molecular weight is 268 g/mol. The summed E-state index contributed by atoms with van der Waals surface area (Å²) in [6.45, 7) is 0. The molecule has 0 aliphatic carbocycles. The Morgan fingerprint density at radius 3 is 2.30 bits per heavy atom. The number of carboxylic acid groups (broad SMARTS) is 1. The molecule has 0 atom stereocenters. The van der Waals surface area contributed by atoms with Crippen LogP contribution in [0.15, 0.2) is 66.6 Å². The van der Waals surface area contributed by atoms with Crippen molar-refractivity contribution in [2.45, 2.75) is 0 Å². The van der Waals surface area contributed by atoms with Crippen LogP contribution in [0.5, 0.6) is 0 Å². The SMILES string of the molecule is O=C(O)/C(=C/C(=O)c1ccccc1)Nc1ccncc1. The van der Waals surface area contributed by atoms with Gasteiger partial charge in [0.05, 0.1) is 0 Å². The van der Waals surface area contributed by atoms with Crippen LogP contribution in [0.4, 0.5) is 5.69 Å². The summed E-state index contributed by atoms with van der Waals surface area (Å²) < 4.78 is 0. The van der Waals surface area contributed by atoms with Crippen molar-refractivity contribution in [3.05, 3.63) is 72.2 Å². The van der Waals surface area contributed by atoms with Gasteiger partial charge in [-0.15, -0.1) is 0 Å². The third kappa shape index (κ3) is 3.52. The Morgan fingerprint density at radius 2 is 1.70 bits per heavy atom. The van der Waals surface area contributed by atoms with E-state index in [1.165, 1.54) is 12.4 Å². The Bertz CT molecular complexity index is 637. The summed E-state index contributed by atoms with van der Waals surface area (Å²) in [4.78, 5) is 27.0. The van der Waals surface area contributed by atoms with E-state index in [0.717, 1.165) is 6.08 Å². The number of ketones is 1. The van der Waals surface area contributed by atoms with E-state index in [-0.39, 0.29) is 11.5 Å². The monoisotopic (exact) mass is 268 g/mol. The summed E-state index contributed by atoms with van der Waals surface area (Å²) in [7, 11) is 0. The van der Waals surface area contributed by atoms with Gasteiger partial charge in [0, 0.05) is 29.7 Å². The highest BCUT2D eigenvalue weighted by Gasteiger charge is 2.11. The predicted molar refractivity (Wildman–Crippen MR) is 74.4 cm³/mol. The van der Waals surface area contributed by atoms with E-state index in [1.807, 2.05) is 0 Å². The second-order valence-corrected chi connectivity index (χ2v) is 3.95. The molecule has 0 amide bonds. The molecule has 0 aliphatic rings. The number of pyridine rings is 1. The number of nitrogens with zero attached hydrogens (tertiary/aromatic N) is 1. The van der Waals surface area contributed by atoms with Crippen molar-refractivity contribution in [2.24, 2.45) is 0 Å². The lowest BCUT2D eigenvalue weighted by Crippen LogP contribution is -2.12. The zero-order chi connectivity index (χ0) is 14.4. The van der Waals surface area contributed by atoms with Crippen LogP contribution in [0.3, 0.4) is 0 Å². The van der Waals surface area contributed by atoms with Crippen molar-refractivity contribution in [3.63, 3.8) is 0 Å². The number of benzene rings is 1. The van der Waals surface area contributed by atoms with Gasteiger partial charge in [-0.3, -0.25) is 9.78 Å². The third-order valence-corrected chi connectivity index (χ3v) is 2.52. The lowest BCUT2D eigenvalue weighted by Gasteiger charge is -2.06. The van der Waals surface area contributed by atoms with Crippen LogP contribution in [0.25, 0.3) is 0 Å². The van der Waals surface area contributed by atoms with Crippen molar-refractivity contribution in [1.29, 1.82) is 0 Å². The number of carboxylic acids is 1. The molecule has 0 saturated carbocycles. The second kappa shape index (κ2) is 6.29. The van der Waals surface area contributed by atoms with Crippen molar-refractivity contribution >= 4 is 17.4 Å². The Kier molecular flexibility index (Phi) is 4.24. The highest BCUT2D eigenvalue weighted by Crippen LogP contribution is 2.10. The number of carbonyl (C=O) groups excluding carboxylic acids is 1. The van der Waals surface area contributed by atoms with Crippen LogP contribution >= 0.6 is 0 Å². The van der Waals surface area contributed by atoms with Gasteiger partial charge in [0.15, 0.2) is 5.78 Å². The number of aromatic nitrogens is 1. The van der Waals surface area contributed by atoms with E-state index in [0.29, 0.717) is 11.3 Å². The van der Waals surface area contributed by atoms with Crippen molar-refractivity contribution in [3.8, 4) is 0 Å². The normalized spacial score (nSPS) is 10.9. The summed E-state index contributed by atoms with van der Waals surface area (Å²) in [5.41, 5.74) is 0.794. The van der Waals surface area contributed by atoms with Gasteiger partial charge in [-0.2, -0.15) is 0 Å².